The number of carbonyl (C=O) groups is 2. The molecule has 0 saturated carbocycles. The fraction of sp³-hybridized carbons (Fsp3) is 0.273. The molecule has 92 valence electrons. The van der Waals surface area contributed by atoms with E-state index < -0.39 is 5.91 Å². The van der Waals surface area contributed by atoms with E-state index in [4.69, 9.17) is 11.6 Å². The quantitative estimate of drug-likeness (QED) is 0.628. The van der Waals surface area contributed by atoms with Gasteiger partial charge in [-0.25, -0.2) is 0 Å². The molecule has 0 aromatic heterocycles. The van der Waals surface area contributed by atoms with Crippen molar-refractivity contribution in [3.8, 4) is 0 Å². The molecule has 0 atom stereocenters. The lowest BCUT2D eigenvalue weighted by Crippen LogP contribution is -2.43. The van der Waals surface area contributed by atoms with E-state index in [9.17, 15) is 9.59 Å². The van der Waals surface area contributed by atoms with Crippen molar-refractivity contribution in [1.29, 1.82) is 0 Å². The number of rotatable bonds is 5. The van der Waals surface area contributed by atoms with Crippen molar-refractivity contribution in [3.05, 3.63) is 35.9 Å². The number of thioether (sulfide) groups is 1. The predicted octanol–water partition coefficient (Wildman–Crippen LogP) is 1.31. The summed E-state index contributed by atoms with van der Waals surface area (Å²) in [7, 11) is 0. The van der Waals surface area contributed by atoms with Crippen LogP contribution in [-0.4, -0.2) is 23.4 Å². The molecule has 0 saturated heterocycles. The average Bonchev–Trinajstić information content (AvgIpc) is 2.37. The van der Waals surface area contributed by atoms with Crippen molar-refractivity contribution < 1.29 is 9.59 Å². The zero-order valence-corrected chi connectivity index (χ0v) is 10.7. The van der Waals surface area contributed by atoms with Crippen LogP contribution < -0.4 is 10.9 Å². The molecule has 1 aromatic carbocycles. The second-order valence-corrected chi connectivity index (χ2v) is 4.46. The van der Waals surface area contributed by atoms with Gasteiger partial charge in [0.25, 0.3) is 5.91 Å². The molecule has 0 spiro atoms. The first-order valence-corrected chi connectivity index (χ1v) is 6.66. The van der Waals surface area contributed by atoms with Gasteiger partial charge in [0.15, 0.2) is 0 Å². The van der Waals surface area contributed by atoms with Gasteiger partial charge in [-0.2, -0.15) is 0 Å². The van der Waals surface area contributed by atoms with Gasteiger partial charge in [0.2, 0.25) is 5.91 Å². The first kappa shape index (κ1) is 13.9. The Bertz CT molecular complexity index is 373. The molecule has 1 aromatic rings. The minimum absolute atomic E-state index is 0.169. The second-order valence-electron chi connectivity index (χ2n) is 3.21. The van der Waals surface area contributed by atoms with Crippen LogP contribution in [0.4, 0.5) is 0 Å². The van der Waals surface area contributed by atoms with Crippen LogP contribution in [0.25, 0.3) is 0 Å². The molecule has 0 aliphatic rings. The van der Waals surface area contributed by atoms with Crippen molar-refractivity contribution in [2.24, 2.45) is 0 Å². The van der Waals surface area contributed by atoms with Gasteiger partial charge < -0.3 is 0 Å². The van der Waals surface area contributed by atoms with Crippen LogP contribution in [0.1, 0.15) is 5.56 Å². The van der Waals surface area contributed by atoms with Crippen LogP contribution in [0, 0.1) is 0 Å². The molecule has 0 aliphatic heterocycles. The van der Waals surface area contributed by atoms with Gasteiger partial charge in [0.05, 0.1) is 5.75 Å². The fourth-order valence-corrected chi connectivity index (χ4v) is 1.90. The van der Waals surface area contributed by atoms with E-state index in [0.29, 0.717) is 0 Å². The molecule has 4 nitrogen and oxygen atoms in total. The molecule has 6 heteroatoms. The van der Waals surface area contributed by atoms with E-state index in [0.717, 1.165) is 11.3 Å². The summed E-state index contributed by atoms with van der Waals surface area (Å²) in [5.74, 6) is 0.213. The van der Waals surface area contributed by atoms with Gasteiger partial charge in [-0.1, -0.05) is 30.3 Å². The number of alkyl halides is 1. The average molecular weight is 273 g/mol. The third kappa shape index (κ3) is 6.19. The molecular formula is C11H13ClN2O2S. The van der Waals surface area contributed by atoms with E-state index >= 15 is 0 Å². The highest BCUT2D eigenvalue weighted by molar-refractivity contribution is 7.99. The SMILES string of the molecule is O=C(CCl)NNC(=O)CSCc1ccccc1. The van der Waals surface area contributed by atoms with E-state index in [1.165, 1.54) is 11.8 Å². The summed E-state index contributed by atoms with van der Waals surface area (Å²) in [6, 6.07) is 9.86. The lowest BCUT2D eigenvalue weighted by molar-refractivity contribution is -0.126. The van der Waals surface area contributed by atoms with Crippen LogP contribution in [0.5, 0.6) is 0 Å². The molecule has 2 amide bonds. The molecule has 0 bridgehead atoms. The highest BCUT2D eigenvalue weighted by Gasteiger charge is 2.03. The maximum absolute atomic E-state index is 11.3. The van der Waals surface area contributed by atoms with Gasteiger partial charge in [0.1, 0.15) is 5.88 Å². The Balaban J connectivity index is 2.14. The summed E-state index contributed by atoms with van der Waals surface area (Å²) < 4.78 is 0. The van der Waals surface area contributed by atoms with Crippen LogP contribution >= 0.6 is 23.4 Å². The van der Waals surface area contributed by atoms with E-state index in [1.54, 1.807) is 0 Å². The van der Waals surface area contributed by atoms with E-state index in [1.807, 2.05) is 30.3 Å². The van der Waals surface area contributed by atoms with Gasteiger partial charge in [0, 0.05) is 5.75 Å². The van der Waals surface area contributed by atoms with Gasteiger partial charge >= 0.3 is 0 Å². The summed E-state index contributed by atoms with van der Waals surface area (Å²) in [6.07, 6.45) is 0. The molecule has 0 fully saturated rings. The fourth-order valence-electron chi connectivity index (χ4n) is 1.04. The number of benzene rings is 1. The molecule has 0 aliphatic carbocycles. The first-order valence-electron chi connectivity index (χ1n) is 4.97. The summed E-state index contributed by atoms with van der Waals surface area (Å²) in [4.78, 5) is 22.0. The largest absolute Gasteiger partial charge is 0.272 e. The molecule has 17 heavy (non-hydrogen) atoms. The van der Waals surface area contributed by atoms with E-state index in [-0.39, 0.29) is 17.5 Å². The Hall–Kier alpha value is -1.20. The maximum atomic E-state index is 11.3. The normalized spacial score (nSPS) is 9.71. The molecule has 0 heterocycles. The Morgan fingerprint density at radius 1 is 1.12 bits per heavy atom. The number of nitrogens with one attached hydrogen (secondary N) is 2. The Kier molecular flexibility index (Phi) is 6.50. The molecule has 0 unspecified atom stereocenters. The molecule has 2 N–H and O–H groups in total. The number of hydrogen-bond donors (Lipinski definition) is 2. The minimum atomic E-state index is -0.423. The smallest absolute Gasteiger partial charge is 0.253 e. The monoisotopic (exact) mass is 272 g/mol. The summed E-state index contributed by atoms with van der Waals surface area (Å²) >= 11 is 6.73. The second kappa shape index (κ2) is 7.97. The summed E-state index contributed by atoms with van der Waals surface area (Å²) in [5, 5.41) is 0. The van der Waals surface area contributed by atoms with Crippen molar-refractivity contribution >= 4 is 35.2 Å². The molecule has 0 radical (unpaired) electrons. The lowest BCUT2D eigenvalue weighted by atomic mass is 10.2. The number of hydrazine groups is 1. The number of amides is 2. The number of hydrogen-bond acceptors (Lipinski definition) is 3. The van der Waals surface area contributed by atoms with Crippen molar-refractivity contribution in [1.82, 2.24) is 10.9 Å². The van der Waals surface area contributed by atoms with Crippen molar-refractivity contribution in [3.63, 3.8) is 0 Å². The predicted molar refractivity (Wildman–Crippen MR) is 69.6 cm³/mol. The highest BCUT2D eigenvalue weighted by atomic mass is 35.5. The van der Waals surface area contributed by atoms with Gasteiger partial charge in [-0.15, -0.1) is 23.4 Å². The lowest BCUT2D eigenvalue weighted by Gasteiger charge is -2.05. The van der Waals surface area contributed by atoms with Crippen LogP contribution in [-0.2, 0) is 15.3 Å². The van der Waals surface area contributed by atoms with Gasteiger partial charge in [-0.3, -0.25) is 20.4 Å². The molecule has 1 rings (SSSR count). The van der Waals surface area contributed by atoms with Crippen LogP contribution in [0.15, 0.2) is 30.3 Å². The zero-order valence-electron chi connectivity index (χ0n) is 9.11. The third-order valence-electron chi connectivity index (χ3n) is 1.81. The summed E-state index contributed by atoms with van der Waals surface area (Å²) in [6.45, 7) is 0. The number of carbonyl (C=O) groups excluding carboxylic acids is 2. The topological polar surface area (TPSA) is 58.2 Å². The molecular weight excluding hydrogens is 260 g/mol. The van der Waals surface area contributed by atoms with Gasteiger partial charge in [-0.05, 0) is 5.56 Å². The maximum Gasteiger partial charge on any atom is 0.253 e. The Labute approximate surface area is 109 Å². The minimum Gasteiger partial charge on any atom is -0.272 e. The van der Waals surface area contributed by atoms with E-state index in [2.05, 4.69) is 10.9 Å². The van der Waals surface area contributed by atoms with Crippen molar-refractivity contribution in [2.75, 3.05) is 11.6 Å². The summed E-state index contributed by atoms with van der Waals surface area (Å²) in [5.41, 5.74) is 5.64. The number of halogens is 1. The Morgan fingerprint density at radius 2 is 1.76 bits per heavy atom. The van der Waals surface area contributed by atoms with Crippen LogP contribution in [0.3, 0.4) is 0 Å². The van der Waals surface area contributed by atoms with Crippen LogP contribution in [0.2, 0.25) is 0 Å². The highest BCUT2D eigenvalue weighted by Crippen LogP contribution is 2.10. The van der Waals surface area contributed by atoms with Crippen molar-refractivity contribution in [2.45, 2.75) is 5.75 Å². The first-order chi connectivity index (χ1) is 8.22. The Morgan fingerprint density at radius 3 is 2.41 bits per heavy atom. The standard InChI is InChI=1S/C11H13ClN2O2S/c12-6-10(15)13-14-11(16)8-17-7-9-4-2-1-3-5-9/h1-5H,6-8H2,(H,13,15)(H,14,16). The zero-order chi connectivity index (χ0) is 12.5. The third-order valence-corrected chi connectivity index (χ3v) is 3.05.